The number of nitrogens with zero attached hydrogens (tertiary/aromatic N) is 1. The number of allylic oxidation sites excluding steroid dienone is 3. The van der Waals surface area contributed by atoms with Crippen LogP contribution in [0.1, 0.15) is 39.8 Å². The molecule has 0 aromatic carbocycles. The largest absolute Gasteiger partial charge is 0.387 e. The first-order chi connectivity index (χ1) is 12.8. The summed E-state index contributed by atoms with van der Waals surface area (Å²) in [4.78, 5) is 25.1. The fourth-order valence-corrected chi connectivity index (χ4v) is 2.80. The third-order valence-electron chi connectivity index (χ3n) is 4.39. The van der Waals surface area contributed by atoms with Crippen LogP contribution in [-0.2, 0) is 9.47 Å². The summed E-state index contributed by atoms with van der Waals surface area (Å²) in [5.41, 5.74) is 1.24. The molecule has 4 atom stereocenters. The second kappa shape index (κ2) is 9.80. The first-order valence-electron chi connectivity index (χ1n) is 8.99. The summed E-state index contributed by atoms with van der Waals surface area (Å²) >= 11 is 0. The van der Waals surface area contributed by atoms with Crippen LogP contribution in [0.2, 0.25) is 0 Å². The Morgan fingerprint density at radius 1 is 1.26 bits per heavy atom. The molecular formula is C19H28N2O6. The maximum absolute atomic E-state index is 11.8. The summed E-state index contributed by atoms with van der Waals surface area (Å²) in [5.74, 6) is 0. The normalized spacial score (nSPS) is 25.6. The molecule has 8 nitrogen and oxygen atoms in total. The van der Waals surface area contributed by atoms with Crippen LogP contribution in [0.4, 0.5) is 0 Å². The van der Waals surface area contributed by atoms with Crippen LogP contribution >= 0.6 is 0 Å². The van der Waals surface area contributed by atoms with Gasteiger partial charge in [0.2, 0.25) is 0 Å². The lowest BCUT2D eigenvalue weighted by molar-refractivity contribution is -0.0652. The molecule has 2 rings (SSSR count). The summed E-state index contributed by atoms with van der Waals surface area (Å²) in [6, 6.07) is 1.15. The van der Waals surface area contributed by atoms with E-state index in [1.807, 2.05) is 13.0 Å². The summed E-state index contributed by atoms with van der Waals surface area (Å²) in [5, 5.41) is 20.3. The van der Waals surface area contributed by atoms with Gasteiger partial charge in [-0.25, -0.2) is 4.79 Å². The Hall–Kier alpha value is -2.00. The molecule has 1 fully saturated rings. The van der Waals surface area contributed by atoms with E-state index in [4.69, 9.17) is 9.47 Å². The molecule has 0 saturated carbocycles. The number of nitrogens with one attached hydrogen (secondary N) is 1. The standard InChI is InChI=1S/C19H28N2O6/c1-12(2)5-4-6-13(3)8-10-26-11-14-16(23)17(24)18(27-14)21-9-7-15(22)20-19(21)25/h5,7-9,14,16-18,23-24H,4,6,10-11H2,1-3H3,(H,20,22,25)/b13-8+/t14-,16+,17+,18-/m0/s1. The zero-order chi connectivity index (χ0) is 20.0. The van der Waals surface area contributed by atoms with Gasteiger partial charge in [-0.15, -0.1) is 0 Å². The first-order valence-corrected chi connectivity index (χ1v) is 8.99. The quantitative estimate of drug-likeness (QED) is 0.455. The Balaban J connectivity index is 1.86. The van der Waals surface area contributed by atoms with Crippen LogP contribution in [-0.4, -0.2) is 51.3 Å². The monoisotopic (exact) mass is 380 g/mol. The van der Waals surface area contributed by atoms with Gasteiger partial charge in [-0.1, -0.05) is 23.3 Å². The highest BCUT2D eigenvalue weighted by Crippen LogP contribution is 2.28. The van der Waals surface area contributed by atoms with Crippen molar-refractivity contribution in [3.05, 3.63) is 56.4 Å². The molecule has 1 aliphatic heterocycles. The highest BCUT2D eigenvalue weighted by atomic mass is 16.6. The Bertz CT molecular complexity index is 790. The third kappa shape index (κ3) is 6.00. The van der Waals surface area contributed by atoms with Crippen LogP contribution in [0.25, 0.3) is 0 Å². The van der Waals surface area contributed by atoms with Crippen molar-refractivity contribution in [1.29, 1.82) is 0 Å². The van der Waals surface area contributed by atoms with E-state index in [1.54, 1.807) is 0 Å². The molecule has 1 aromatic rings. The molecule has 0 spiro atoms. The zero-order valence-electron chi connectivity index (χ0n) is 15.9. The lowest BCUT2D eigenvalue weighted by Gasteiger charge is -2.16. The fraction of sp³-hybridized carbons (Fsp3) is 0.579. The Morgan fingerprint density at radius 2 is 2.00 bits per heavy atom. The molecular weight excluding hydrogens is 352 g/mol. The van der Waals surface area contributed by atoms with Crippen molar-refractivity contribution in [3.8, 4) is 0 Å². The predicted octanol–water partition coefficient (Wildman–Crippen LogP) is 0.865. The number of hydrogen-bond donors (Lipinski definition) is 3. The Morgan fingerprint density at radius 3 is 2.67 bits per heavy atom. The second-order valence-corrected chi connectivity index (χ2v) is 6.97. The van der Waals surface area contributed by atoms with E-state index in [-0.39, 0.29) is 6.61 Å². The molecule has 0 aliphatic carbocycles. The van der Waals surface area contributed by atoms with E-state index >= 15 is 0 Å². The summed E-state index contributed by atoms with van der Waals surface area (Å²) in [7, 11) is 0. The minimum Gasteiger partial charge on any atom is -0.387 e. The van der Waals surface area contributed by atoms with Gasteiger partial charge in [-0.05, 0) is 33.6 Å². The Labute approximate surface area is 157 Å². The molecule has 1 aromatic heterocycles. The van der Waals surface area contributed by atoms with Crippen LogP contribution in [0.15, 0.2) is 45.2 Å². The Kier molecular flexibility index (Phi) is 7.73. The van der Waals surface area contributed by atoms with Gasteiger partial charge in [-0.3, -0.25) is 14.3 Å². The highest BCUT2D eigenvalue weighted by Gasteiger charge is 2.44. The molecule has 150 valence electrons. The molecule has 0 amide bonds. The van der Waals surface area contributed by atoms with E-state index in [1.165, 1.54) is 17.3 Å². The lowest BCUT2D eigenvalue weighted by Crippen LogP contribution is -2.37. The summed E-state index contributed by atoms with van der Waals surface area (Å²) in [6.07, 6.45) is 2.96. The van der Waals surface area contributed by atoms with Crippen molar-refractivity contribution >= 4 is 0 Å². The topological polar surface area (TPSA) is 114 Å². The van der Waals surface area contributed by atoms with Crippen LogP contribution < -0.4 is 11.2 Å². The van der Waals surface area contributed by atoms with Crippen molar-refractivity contribution in [2.24, 2.45) is 0 Å². The van der Waals surface area contributed by atoms with Gasteiger partial charge in [0.25, 0.3) is 5.56 Å². The number of rotatable bonds is 8. The fourth-order valence-electron chi connectivity index (χ4n) is 2.80. The number of aliphatic hydroxyl groups is 2. The van der Waals surface area contributed by atoms with Gasteiger partial charge in [0, 0.05) is 12.3 Å². The van der Waals surface area contributed by atoms with Gasteiger partial charge in [-0.2, -0.15) is 0 Å². The van der Waals surface area contributed by atoms with E-state index in [0.717, 1.165) is 23.5 Å². The number of H-pyrrole nitrogens is 1. The van der Waals surface area contributed by atoms with Gasteiger partial charge >= 0.3 is 5.69 Å². The first kappa shape index (κ1) is 21.3. The summed E-state index contributed by atoms with van der Waals surface area (Å²) in [6.45, 7) is 6.61. The molecule has 0 radical (unpaired) electrons. The molecule has 1 aliphatic rings. The second-order valence-electron chi connectivity index (χ2n) is 6.97. The number of hydrogen-bond acceptors (Lipinski definition) is 6. The lowest BCUT2D eigenvalue weighted by atomic mass is 10.1. The van der Waals surface area contributed by atoms with Crippen LogP contribution in [0, 0.1) is 0 Å². The minimum atomic E-state index is -1.30. The molecule has 8 heteroatoms. The zero-order valence-corrected chi connectivity index (χ0v) is 15.9. The van der Waals surface area contributed by atoms with Crippen LogP contribution in [0.5, 0.6) is 0 Å². The smallest absolute Gasteiger partial charge is 0.330 e. The molecule has 2 heterocycles. The molecule has 1 saturated heterocycles. The maximum atomic E-state index is 11.8. The van der Waals surface area contributed by atoms with Crippen LogP contribution in [0.3, 0.4) is 0 Å². The van der Waals surface area contributed by atoms with E-state index in [0.29, 0.717) is 6.61 Å². The van der Waals surface area contributed by atoms with Gasteiger partial charge < -0.3 is 19.7 Å². The number of ether oxygens (including phenoxy) is 2. The molecule has 27 heavy (non-hydrogen) atoms. The molecule has 0 unspecified atom stereocenters. The van der Waals surface area contributed by atoms with Crippen molar-refractivity contribution in [1.82, 2.24) is 9.55 Å². The van der Waals surface area contributed by atoms with Crippen molar-refractivity contribution in [2.45, 2.75) is 58.2 Å². The van der Waals surface area contributed by atoms with Gasteiger partial charge in [0.1, 0.15) is 18.3 Å². The number of aromatic nitrogens is 2. The predicted molar refractivity (Wildman–Crippen MR) is 100 cm³/mol. The molecule has 3 N–H and O–H groups in total. The van der Waals surface area contributed by atoms with Gasteiger partial charge in [0.15, 0.2) is 6.23 Å². The SMILES string of the molecule is CC(C)=CCC/C(C)=C/COC[C@@H]1O[C@H](n2ccc(=O)[nH]c2=O)[C@H](O)[C@@H]1O. The van der Waals surface area contributed by atoms with E-state index in [9.17, 15) is 19.8 Å². The van der Waals surface area contributed by atoms with Crippen molar-refractivity contribution < 1.29 is 19.7 Å². The third-order valence-corrected chi connectivity index (χ3v) is 4.39. The van der Waals surface area contributed by atoms with Crippen molar-refractivity contribution in [2.75, 3.05) is 13.2 Å². The average Bonchev–Trinajstić information content (AvgIpc) is 2.87. The summed E-state index contributed by atoms with van der Waals surface area (Å²) < 4.78 is 12.2. The average molecular weight is 380 g/mol. The minimum absolute atomic E-state index is 0.0740. The number of aliphatic hydroxyl groups excluding tert-OH is 2. The highest BCUT2D eigenvalue weighted by molar-refractivity contribution is 5.02. The number of aromatic amines is 1. The van der Waals surface area contributed by atoms with Gasteiger partial charge in [0.05, 0.1) is 13.2 Å². The maximum Gasteiger partial charge on any atom is 0.330 e. The van der Waals surface area contributed by atoms with E-state index in [2.05, 4.69) is 24.9 Å². The van der Waals surface area contributed by atoms with E-state index < -0.39 is 35.8 Å². The van der Waals surface area contributed by atoms with Crippen molar-refractivity contribution in [3.63, 3.8) is 0 Å². The molecule has 0 bridgehead atoms.